The topological polar surface area (TPSA) is 29.1 Å². The normalized spacial score (nSPS) is 11.9. The monoisotopic (exact) mass is 331 g/mol. The first-order valence-corrected chi connectivity index (χ1v) is 7.52. The van der Waals surface area contributed by atoms with Crippen molar-refractivity contribution in [2.24, 2.45) is 0 Å². The molecule has 0 fully saturated rings. The van der Waals surface area contributed by atoms with Gasteiger partial charge in [0.2, 0.25) is 0 Å². The summed E-state index contributed by atoms with van der Waals surface area (Å²) in [6.07, 6.45) is 0.864. The lowest BCUT2D eigenvalue weighted by molar-refractivity contribution is 0.0935. The highest BCUT2D eigenvalue weighted by Crippen LogP contribution is 2.18. The number of carbonyl (C=O) groups is 1. The lowest BCUT2D eigenvalue weighted by Crippen LogP contribution is -2.28. The fourth-order valence-corrected chi connectivity index (χ4v) is 2.49. The van der Waals surface area contributed by atoms with Gasteiger partial charge >= 0.3 is 0 Å². The molecule has 0 spiro atoms. The minimum atomic E-state index is -0.0428. The summed E-state index contributed by atoms with van der Waals surface area (Å²) in [4.78, 5) is 12.3. The van der Waals surface area contributed by atoms with Crippen molar-refractivity contribution in [3.63, 3.8) is 0 Å². The van der Waals surface area contributed by atoms with E-state index in [2.05, 4.69) is 59.4 Å². The Kier molecular flexibility index (Phi) is 4.96. The van der Waals surface area contributed by atoms with Gasteiger partial charge < -0.3 is 5.32 Å². The summed E-state index contributed by atoms with van der Waals surface area (Å²) in [5.41, 5.74) is 3.04. The third kappa shape index (κ3) is 3.70. The molecule has 3 heteroatoms. The highest BCUT2D eigenvalue weighted by atomic mass is 79.9. The number of hydrogen-bond acceptors (Lipinski definition) is 1. The first kappa shape index (κ1) is 14.8. The van der Waals surface area contributed by atoms with E-state index in [1.807, 2.05) is 24.3 Å². The summed E-state index contributed by atoms with van der Waals surface area (Å²) < 4.78 is 0.911. The van der Waals surface area contributed by atoms with Crippen LogP contribution in [0.15, 0.2) is 53.0 Å². The maximum atomic E-state index is 12.3. The Morgan fingerprint density at radius 2 is 1.90 bits per heavy atom. The number of halogens is 1. The predicted molar refractivity (Wildman–Crippen MR) is 85.8 cm³/mol. The van der Waals surface area contributed by atoms with Gasteiger partial charge in [0, 0.05) is 10.0 Å². The number of nitrogens with one attached hydrogen (secondary N) is 1. The van der Waals surface area contributed by atoms with Crippen LogP contribution in [0.2, 0.25) is 0 Å². The van der Waals surface area contributed by atoms with Gasteiger partial charge in [-0.3, -0.25) is 4.79 Å². The molecule has 0 aliphatic rings. The molecule has 2 nitrogen and oxygen atoms in total. The number of hydrogen-bond donors (Lipinski definition) is 1. The Morgan fingerprint density at radius 1 is 1.20 bits per heavy atom. The molecule has 104 valence electrons. The summed E-state index contributed by atoms with van der Waals surface area (Å²) in [7, 11) is 0. The fraction of sp³-hybridized carbons (Fsp3) is 0.235. The minimum absolute atomic E-state index is 0.0428. The van der Waals surface area contributed by atoms with Crippen LogP contribution < -0.4 is 5.32 Å². The molecule has 2 aromatic carbocycles. The van der Waals surface area contributed by atoms with Gasteiger partial charge in [-0.1, -0.05) is 58.7 Å². The summed E-state index contributed by atoms with van der Waals surface area (Å²) in [5, 5.41) is 3.09. The van der Waals surface area contributed by atoms with Crippen LogP contribution in [-0.2, 0) is 0 Å². The van der Waals surface area contributed by atoms with Gasteiger partial charge in [-0.2, -0.15) is 0 Å². The predicted octanol–water partition coefficient (Wildman–Crippen LogP) is 4.64. The molecule has 0 radical (unpaired) electrons. The molecule has 1 atom stereocenters. The van der Waals surface area contributed by atoms with Crippen LogP contribution >= 0.6 is 15.9 Å². The van der Waals surface area contributed by atoms with E-state index in [0.717, 1.165) is 16.5 Å². The first-order chi connectivity index (χ1) is 9.60. The van der Waals surface area contributed by atoms with E-state index in [9.17, 15) is 4.79 Å². The maximum Gasteiger partial charge on any atom is 0.251 e. The van der Waals surface area contributed by atoms with Crippen LogP contribution in [0.25, 0.3) is 0 Å². The highest BCUT2D eigenvalue weighted by molar-refractivity contribution is 9.10. The van der Waals surface area contributed by atoms with Gasteiger partial charge in [0.1, 0.15) is 0 Å². The van der Waals surface area contributed by atoms with E-state index >= 15 is 0 Å². The second kappa shape index (κ2) is 6.71. The van der Waals surface area contributed by atoms with Gasteiger partial charge in [-0.25, -0.2) is 0 Å². The Morgan fingerprint density at radius 3 is 2.50 bits per heavy atom. The second-order valence-electron chi connectivity index (χ2n) is 4.86. The molecule has 2 rings (SSSR count). The molecule has 2 aromatic rings. The minimum Gasteiger partial charge on any atom is -0.345 e. The van der Waals surface area contributed by atoms with E-state index in [0.29, 0.717) is 5.56 Å². The zero-order valence-corrected chi connectivity index (χ0v) is 13.3. The van der Waals surface area contributed by atoms with Crippen molar-refractivity contribution < 1.29 is 4.79 Å². The number of carbonyl (C=O) groups excluding carboxylic acids is 1. The van der Waals surface area contributed by atoms with Gasteiger partial charge in [0.05, 0.1) is 6.04 Å². The summed E-state index contributed by atoms with van der Waals surface area (Å²) in [6, 6.07) is 15.8. The van der Waals surface area contributed by atoms with Crippen LogP contribution in [-0.4, -0.2) is 5.91 Å². The average molecular weight is 332 g/mol. The standard InChI is InChI=1S/C17H18BrNO/c1-3-16(13-9-7-12(2)8-10-13)19-17(20)14-5-4-6-15(18)11-14/h4-11,16H,3H2,1-2H3,(H,19,20)/t16-/m0/s1. The number of benzene rings is 2. The molecule has 0 unspecified atom stereocenters. The number of aryl methyl sites for hydroxylation is 1. The molecule has 0 aliphatic heterocycles. The molecule has 0 heterocycles. The van der Waals surface area contributed by atoms with Crippen LogP contribution in [0.4, 0.5) is 0 Å². The molecule has 20 heavy (non-hydrogen) atoms. The van der Waals surface area contributed by atoms with Crippen molar-refractivity contribution in [1.29, 1.82) is 0 Å². The third-order valence-electron chi connectivity index (χ3n) is 3.28. The Hall–Kier alpha value is -1.61. The molecule has 0 saturated heterocycles. The smallest absolute Gasteiger partial charge is 0.251 e. The van der Waals surface area contributed by atoms with E-state index < -0.39 is 0 Å². The lowest BCUT2D eigenvalue weighted by Gasteiger charge is -2.18. The molecular weight excluding hydrogens is 314 g/mol. The molecule has 0 aromatic heterocycles. The SMILES string of the molecule is CC[C@H](NC(=O)c1cccc(Br)c1)c1ccc(C)cc1. The van der Waals surface area contributed by atoms with Crippen molar-refractivity contribution in [2.75, 3.05) is 0 Å². The Balaban J connectivity index is 2.14. The zero-order chi connectivity index (χ0) is 14.5. The van der Waals surface area contributed by atoms with Crippen LogP contribution in [0.3, 0.4) is 0 Å². The van der Waals surface area contributed by atoms with Gasteiger partial charge in [-0.05, 0) is 37.1 Å². The van der Waals surface area contributed by atoms with Gasteiger partial charge in [-0.15, -0.1) is 0 Å². The third-order valence-corrected chi connectivity index (χ3v) is 3.77. The quantitative estimate of drug-likeness (QED) is 0.868. The number of rotatable bonds is 4. The largest absolute Gasteiger partial charge is 0.345 e. The van der Waals surface area contributed by atoms with E-state index in [1.54, 1.807) is 0 Å². The maximum absolute atomic E-state index is 12.3. The number of amides is 1. The first-order valence-electron chi connectivity index (χ1n) is 6.73. The molecule has 0 saturated carbocycles. The molecule has 0 bridgehead atoms. The van der Waals surface area contributed by atoms with Crippen molar-refractivity contribution in [2.45, 2.75) is 26.3 Å². The van der Waals surface area contributed by atoms with Crippen LogP contribution in [0.1, 0.15) is 40.9 Å². The average Bonchev–Trinajstić information content (AvgIpc) is 2.45. The van der Waals surface area contributed by atoms with Crippen molar-refractivity contribution in [1.82, 2.24) is 5.32 Å². The fourth-order valence-electron chi connectivity index (χ4n) is 2.09. The summed E-state index contributed by atoms with van der Waals surface area (Å²) >= 11 is 3.39. The highest BCUT2D eigenvalue weighted by Gasteiger charge is 2.14. The molecule has 0 aliphatic carbocycles. The second-order valence-corrected chi connectivity index (χ2v) is 5.77. The molecular formula is C17H18BrNO. The van der Waals surface area contributed by atoms with Crippen molar-refractivity contribution in [3.05, 3.63) is 69.7 Å². The van der Waals surface area contributed by atoms with E-state index in [1.165, 1.54) is 5.56 Å². The van der Waals surface area contributed by atoms with E-state index in [-0.39, 0.29) is 11.9 Å². The van der Waals surface area contributed by atoms with Crippen LogP contribution in [0, 0.1) is 6.92 Å². The van der Waals surface area contributed by atoms with Crippen LogP contribution in [0.5, 0.6) is 0 Å². The van der Waals surface area contributed by atoms with E-state index in [4.69, 9.17) is 0 Å². The van der Waals surface area contributed by atoms with Gasteiger partial charge in [0.15, 0.2) is 0 Å². The lowest BCUT2D eigenvalue weighted by atomic mass is 10.0. The summed E-state index contributed by atoms with van der Waals surface area (Å²) in [5.74, 6) is -0.0428. The summed E-state index contributed by atoms with van der Waals surface area (Å²) in [6.45, 7) is 4.14. The van der Waals surface area contributed by atoms with Gasteiger partial charge in [0.25, 0.3) is 5.91 Å². The zero-order valence-electron chi connectivity index (χ0n) is 11.7. The Bertz CT molecular complexity index is 592. The van der Waals surface area contributed by atoms with Crippen molar-refractivity contribution in [3.8, 4) is 0 Å². The Labute approximate surface area is 128 Å². The van der Waals surface area contributed by atoms with Crippen molar-refractivity contribution >= 4 is 21.8 Å². The molecule has 1 amide bonds. The molecule has 1 N–H and O–H groups in total.